The number of rotatable bonds is 9. The minimum absolute atomic E-state index is 0.00375. The van der Waals surface area contributed by atoms with Crippen molar-refractivity contribution in [2.45, 2.75) is 0 Å². The third-order valence-electron chi connectivity index (χ3n) is 4.76. The highest BCUT2D eigenvalue weighted by molar-refractivity contribution is 6.03. The molecule has 0 fully saturated rings. The predicted octanol–water partition coefficient (Wildman–Crippen LogP) is 3.89. The van der Waals surface area contributed by atoms with Gasteiger partial charge in [0.25, 0.3) is 11.8 Å². The number of ether oxygens (including phenoxy) is 2. The molecular formula is C27H25N3O5. The van der Waals surface area contributed by atoms with Crippen molar-refractivity contribution in [1.82, 2.24) is 10.7 Å². The van der Waals surface area contributed by atoms with Crippen LogP contribution in [0.4, 0.5) is 0 Å². The molecule has 0 aromatic heterocycles. The van der Waals surface area contributed by atoms with E-state index in [4.69, 9.17) is 9.47 Å². The molecule has 0 heterocycles. The highest BCUT2D eigenvalue weighted by Crippen LogP contribution is 2.36. The Bertz CT molecular complexity index is 1230. The van der Waals surface area contributed by atoms with Crippen LogP contribution in [0.2, 0.25) is 0 Å². The number of carbonyl (C=O) groups is 2. The maximum absolute atomic E-state index is 12.8. The van der Waals surface area contributed by atoms with Crippen molar-refractivity contribution < 1.29 is 24.2 Å². The lowest BCUT2D eigenvalue weighted by atomic mass is 10.2. The number of phenolic OH excluding ortho intramolecular Hbond substituents is 1. The van der Waals surface area contributed by atoms with Gasteiger partial charge < -0.3 is 19.9 Å². The highest BCUT2D eigenvalue weighted by Gasteiger charge is 2.14. The monoisotopic (exact) mass is 471 g/mol. The molecular weight excluding hydrogens is 446 g/mol. The average molecular weight is 472 g/mol. The molecule has 0 atom stereocenters. The van der Waals surface area contributed by atoms with Crippen molar-refractivity contribution in [3.63, 3.8) is 0 Å². The predicted molar refractivity (Wildman–Crippen MR) is 134 cm³/mol. The molecule has 0 aliphatic carbocycles. The molecule has 8 nitrogen and oxygen atoms in total. The second-order valence-corrected chi connectivity index (χ2v) is 7.14. The first-order valence-corrected chi connectivity index (χ1v) is 10.6. The Labute approximate surface area is 203 Å². The average Bonchev–Trinajstić information content (AvgIpc) is 2.89. The zero-order chi connectivity index (χ0) is 25.0. The largest absolute Gasteiger partial charge is 0.502 e. The number of methoxy groups -OCH3 is 2. The first-order chi connectivity index (χ1) is 17.0. The van der Waals surface area contributed by atoms with Crippen LogP contribution in [0.25, 0.3) is 6.08 Å². The van der Waals surface area contributed by atoms with Crippen LogP contribution in [0.5, 0.6) is 17.2 Å². The van der Waals surface area contributed by atoms with Gasteiger partial charge in [-0.15, -0.1) is 0 Å². The fourth-order valence-electron chi connectivity index (χ4n) is 2.99. The van der Waals surface area contributed by atoms with E-state index in [0.29, 0.717) is 11.1 Å². The van der Waals surface area contributed by atoms with Crippen molar-refractivity contribution in [1.29, 1.82) is 0 Å². The van der Waals surface area contributed by atoms with Gasteiger partial charge in [0.1, 0.15) is 5.70 Å². The molecule has 0 bridgehead atoms. The topological polar surface area (TPSA) is 109 Å². The van der Waals surface area contributed by atoms with E-state index in [1.54, 1.807) is 42.5 Å². The standard InChI is InChI=1S/C27H25N3O5/c1-34-23-16-20(17-24(35-2)25(23)31)18-28-30-27(33)22(15-9-12-19-10-5-3-6-11-19)29-26(32)21-13-7-4-8-14-21/h3-18,31H,1-2H3,(H,29,32)(H,30,33). The molecule has 0 aliphatic rings. The van der Waals surface area contributed by atoms with Gasteiger partial charge in [-0.3, -0.25) is 9.59 Å². The summed E-state index contributed by atoms with van der Waals surface area (Å²) in [6, 6.07) is 21.2. The second kappa shape index (κ2) is 12.4. The number of hydrogen-bond acceptors (Lipinski definition) is 6. The smallest absolute Gasteiger partial charge is 0.287 e. The van der Waals surface area contributed by atoms with Crippen LogP contribution >= 0.6 is 0 Å². The molecule has 3 aromatic rings. The number of allylic oxidation sites excluding steroid dienone is 2. The number of nitrogens with zero attached hydrogens (tertiary/aromatic N) is 1. The van der Waals surface area contributed by atoms with E-state index < -0.39 is 11.8 Å². The van der Waals surface area contributed by atoms with Crippen molar-refractivity contribution in [3.8, 4) is 17.2 Å². The Kier molecular flexibility index (Phi) is 8.79. The van der Waals surface area contributed by atoms with E-state index in [1.807, 2.05) is 30.3 Å². The molecule has 35 heavy (non-hydrogen) atoms. The Hall–Kier alpha value is -4.85. The summed E-state index contributed by atoms with van der Waals surface area (Å²) >= 11 is 0. The van der Waals surface area contributed by atoms with Crippen molar-refractivity contribution >= 4 is 24.1 Å². The summed E-state index contributed by atoms with van der Waals surface area (Å²) in [4.78, 5) is 25.4. The lowest BCUT2D eigenvalue weighted by Gasteiger charge is -2.10. The number of phenols is 1. The number of amides is 2. The molecule has 0 radical (unpaired) electrons. The minimum atomic E-state index is -0.624. The lowest BCUT2D eigenvalue weighted by molar-refractivity contribution is -0.117. The zero-order valence-corrected chi connectivity index (χ0v) is 19.3. The van der Waals surface area contributed by atoms with Crippen LogP contribution in [0.15, 0.2) is 95.7 Å². The Morgan fingerprint density at radius 1 is 0.886 bits per heavy atom. The number of hydrogen-bond donors (Lipinski definition) is 3. The van der Waals surface area contributed by atoms with E-state index in [2.05, 4.69) is 15.8 Å². The summed E-state index contributed by atoms with van der Waals surface area (Å²) in [5.41, 5.74) is 4.26. The summed E-state index contributed by atoms with van der Waals surface area (Å²) in [5.74, 6) is -0.814. The molecule has 3 rings (SSSR count). The molecule has 0 saturated carbocycles. The van der Waals surface area contributed by atoms with Gasteiger partial charge in [0.2, 0.25) is 5.75 Å². The van der Waals surface area contributed by atoms with Crippen LogP contribution in [-0.2, 0) is 4.79 Å². The Morgan fingerprint density at radius 2 is 1.49 bits per heavy atom. The molecule has 0 saturated heterocycles. The molecule has 3 aromatic carbocycles. The molecule has 8 heteroatoms. The van der Waals surface area contributed by atoms with E-state index >= 15 is 0 Å². The van der Waals surface area contributed by atoms with Gasteiger partial charge in [0, 0.05) is 11.1 Å². The van der Waals surface area contributed by atoms with E-state index in [0.717, 1.165) is 5.56 Å². The highest BCUT2D eigenvalue weighted by atomic mass is 16.5. The van der Waals surface area contributed by atoms with Crippen LogP contribution in [-0.4, -0.2) is 37.4 Å². The fraction of sp³-hybridized carbons (Fsp3) is 0.0741. The molecule has 0 unspecified atom stereocenters. The molecule has 2 amide bonds. The quantitative estimate of drug-likeness (QED) is 0.190. The third kappa shape index (κ3) is 7.06. The van der Waals surface area contributed by atoms with Gasteiger partial charge in [-0.25, -0.2) is 5.43 Å². The third-order valence-corrected chi connectivity index (χ3v) is 4.76. The van der Waals surface area contributed by atoms with Gasteiger partial charge in [-0.2, -0.15) is 5.10 Å². The molecule has 0 spiro atoms. The second-order valence-electron chi connectivity index (χ2n) is 7.14. The van der Waals surface area contributed by atoms with Crippen LogP contribution in [0.3, 0.4) is 0 Å². The van der Waals surface area contributed by atoms with Gasteiger partial charge in [0.15, 0.2) is 11.5 Å². The maximum atomic E-state index is 12.8. The minimum Gasteiger partial charge on any atom is -0.502 e. The zero-order valence-electron chi connectivity index (χ0n) is 19.3. The summed E-state index contributed by atoms with van der Waals surface area (Å²) in [6.45, 7) is 0. The van der Waals surface area contributed by atoms with Crippen LogP contribution < -0.4 is 20.2 Å². The fourth-order valence-corrected chi connectivity index (χ4v) is 2.99. The molecule has 178 valence electrons. The van der Waals surface area contributed by atoms with Crippen molar-refractivity contribution in [2.24, 2.45) is 5.10 Å². The lowest BCUT2D eigenvalue weighted by Crippen LogP contribution is -2.32. The molecule has 0 aliphatic heterocycles. The van der Waals surface area contributed by atoms with Crippen LogP contribution in [0.1, 0.15) is 21.5 Å². The van der Waals surface area contributed by atoms with E-state index in [9.17, 15) is 14.7 Å². The molecule has 3 N–H and O–H groups in total. The Balaban J connectivity index is 1.78. The number of nitrogens with one attached hydrogen (secondary N) is 2. The van der Waals surface area contributed by atoms with E-state index in [1.165, 1.54) is 38.6 Å². The number of hydrazone groups is 1. The van der Waals surface area contributed by atoms with Gasteiger partial charge in [-0.1, -0.05) is 60.7 Å². The summed E-state index contributed by atoms with van der Waals surface area (Å²) in [6.07, 6.45) is 6.32. The summed E-state index contributed by atoms with van der Waals surface area (Å²) in [5, 5.41) is 16.6. The first kappa shape index (κ1) is 24.8. The number of benzene rings is 3. The summed E-state index contributed by atoms with van der Waals surface area (Å²) in [7, 11) is 2.82. The summed E-state index contributed by atoms with van der Waals surface area (Å²) < 4.78 is 10.2. The van der Waals surface area contributed by atoms with Crippen molar-refractivity contribution in [2.75, 3.05) is 14.2 Å². The van der Waals surface area contributed by atoms with Gasteiger partial charge in [-0.05, 0) is 35.9 Å². The first-order valence-electron chi connectivity index (χ1n) is 10.6. The van der Waals surface area contributed by atoms with Crippen molar-refractivity contribution in [3.05, 3.63) is 107 Å². The van der Waals surface area contributed by atoms with Gasteiger partial charge in [0.05, 0.1) is 20.4 Å². The number of aromatic hydroxyl groups is 1. The van der Waals surface area contributed by atoms with Gasteiger partial charge >= 0.3 is 0 Å². The maximum Gasteiger partial charge on any atom is 0.287 e. The SMILES string of the molecule is COc1cc(C=NNC(=O)C(=CC=Cc2ccccc2)NC(=O)c2ccccc2)cc(OC)c1O. The number of carbonyl (C=O) groups excluding carboxylic acids is 2. The van der Waals surface area contributed by atoms with E-state index in [-0.39, 0.29) is 22.9 Å². The Morgan fingerprint density at radius 3 is 2.09 bits per heavy atom. The normalized spacial score (nSPS) is 11.4. The van der Waals surface area contributed by atoms with Crippen LogP contribution in [0, 0.1) is 0 Å².